The van der Waals surface area contributed by atoms with Gasteiger partial charge in [0, 0.05) is 30.0 Å². The molecule has 1 unspecified atom stereocenters. The van der Waals surface area contributed by atoms with E-state index in [4.69, 9.17) is 0 Å². The third kappa shape index (κ3) is 4.76. The Bertz CT molecular complexity index is 442. The molecule has 1 N–H and O–H groups in total. The van der Waals surface area contributed by atoms with Crippen LogP contribution in [0.25, 0.3) is 0 Å². The van der Waals surface area contributed by atoms with Crippen LogP contribution >= 0.6 is 28.3 Å². The second-order valence-electron chi connectivity index (χ2n) is 5.06. The minimum atomic E-state index is 0. The van der Waals surface area contributed by atoms with Crippen LogP contribution in [0.4, 0.5) is 0 Å². The molecule has 2 rings (SSSR count). The van der Waals surface area contributed by atoms with Gasteiger partial charge in [-0.1, -0.05) is 34.1 Å². The lowest BCUT2D eigenvalue weighted by atomic mass is 10.0. The Morgan fingerprint density at radius 1 is 1.45 bits per heavy atom. The van der Waals surface area contributed by atoms with Crippen LogP contribution in [0.5, 0.6) is 0 Å². The lowest BCUT2D eigenvalue weighted by molar-refractivity contribution is -0.132. The van der Waals surface area contributed by atoms with Crippen LogP contribution in [0, 0.1) is 0 Å². The van der Waals surface area contributed by atoms with E-state index >= 15 is 0 Å². The highest BCUT2D eigenvalue weighted by molar-refractivity contribution is 9.10. The summed E-state index contributed by atoms with van der Waals surface area (Å²) in [6.07, 6.45) is 3.68. The van der Waals surface area contributed by atoms with Gasteiger partial charge in [-0.15, -0.1) is 12.4 Å². The van der Waals surface area contributed by atoms with E-state index in [0.717, 1.165) is 30.4 Å². The molecule has 1 aromatic rings. The molecule has 1 amide bonds. The zero-order valence-corrected chi connectivity index (χ0v) is 14.2. The molecule has 3 nitrogen and oxygen atoms in total. The van der Waals surface area contributed by atoms with Crippen LogP contribution in [-0.2, 0) is 11.2 Å². The Morgan fingerprint density at radius 2 is 2.20 bits per heavy atom. The van der Waals surface area contributed by atoms with E-state index in [0.29, 0.717) is 12.5 Å². The van der Waals surface area contributed by atoms with Crippen molar-refractivity contribution in [2.45, 2.75) is 31.7 Å². The van der Waals surface area contributed by atoms with Gasteiger partial charge in [0.05, 0.1) is 0 Å². The van der Waals surface area contributed by atoms with Crippen molar-refractivity contribution in [1.29, 1.82) is 0 Å². The summed E-state index contributed by atoms with van der Waals surface area (Å²) in [6.45, 7) is 1.76. The van der Waals surface area contributed by atoms with Crippen LogP contribution in [0.2, 0.25) is 0 Å². The quantitative estimate of drug-likeness (QED) is 0.894. The minimum Gasteiger partial charge on any atom is -0.341 e. The zero-order chi connectivity index (χ0) is 13.7. The molecule has 0 spiro atoms. The van der Waals surface area contributed by atoms with Gasteiger partial charge in [0.15, 0.2) is 0 Å². The molecule has 1 fully saturated rings. The van der Waals surface area contributed by atoms with Gasteiger partial charge in [-0.25, -0.2) is 0 Å². The number of rotatable bonds is 4. The molecule has 0 radical (unpaired) electrons. The lowest BCUT2D eigenvalue weighted by Gasteiger charge is -2.32. The van der Waals surface area contributed by atoms with Crippen molar-refractivity contribution < 1.29 is 4.79 Å². The molecular formula is C15H22BrClN2O. The zero-order valence-electron chi connectivity index (χ0n) is 11.8. The number of carbonyl (C=O) groups is 1. The Hall–Kier alpha value is -0.580. The second kappa shape index (κ2) is 8.65. The van der Waals surface area contributed by atoms with Crippen molar-refractivity contribution in [3.05, 3.63) is 34.3 Å². The van der Waals surface area contributed by atoms with E-state index in [9.17, 15) is 4.79 Å². The molecular weight excluding hydrogens is 340 g/mol. The first kappa shape index (κ1) is 17.5. The van der Waals surface area contributed by atoms with Gasteiger partial charge in [0.25, 0.3) is 0 Å². The fraction of sp³-hybridized carbons (Fsp3) is 0.533. The fourth-order valence-electron chi connectivity index (χ4n) is 2.54. The molecule has 1 atom stereocenters. The first-order valence-electron chi connectivity index (χ1n) is 6.89. The number of benzene rings is 1. The maximum Gasteiger partial charge on any atom is 0.222 e. The average molecular weight is 362 g/mol. The van der Waals surface area contributed by atoms with E-state index in [-0.39, 0.29) is 18.3 Å². The van der Waals surface area contributed by atoms with Crippen molar-refractivity contribution in [3.63, 3.8) is 0 Å². The summed E-state index contributed by atoms with van der Waals surface area (Å²) in [7, 11) is 1.97. The van der Waals surface area contributed by atoms with Gasteiger partial charge in [0.2, 0.25) is 5.91 Å². The highest BCUT2D eigenvalue weighted by Gasteiger charge is 2.22. The topological polar surface area (TPSA) is 32.3 Å². The molecule has 0 bridgehead atoms. The predicted octanol–water partition coefficient (Wildman–Crippen LogP) is 3.01. The second-order valence-corrected chi connectivity index (χ2v) is 5.91. The molecule has 20 heavy (non-hydrogen) atoms. The van der Waals surface area contributed by atoms with Gasteiger partial charge in [-0.05, 0) is 37.9 Å². The van der Waals surface area contributed by atoms with Gasteiger partial charge >= 0.3 is 0 Å². The lowest BCUT2D eigenvalue weighted by Crippen LogP contribution is -2.47. The number of likely N-dealkylation sites (N-methyl/N-ethyl adjacent to an activating group) is 1. The largest absolute Gasteiger partial charge is 0.341 e. The molecule has 1 aliphatic heterocycles. The van der Waals surface area contributed by atoms with Crippen LogP contribution in [0.15, 0.2) is 28.7 Å². The smallest absolute Gasteiger partial charge is 0.222 e. The number of amides is 1. The van der Waals surface area contributed by atoms with Crippen molar-refractivity contribution in [1.82, 2.24) is 10.2 Å². The van der Waals surface area contributed by atoms with Crippen molar-refractivity contribution in [3.8, 4) is 0 Å². The number of piperidine rings is 1. The Kier molecular flexibility index (Phi) is 7.56. The Balaban J connectivity index is 0.00000200. The Labute approximate surface area is 135 Å². The highest BCUT2D eigenvalue weighted by atomic mass is 79.9. The van der Waals surface area contributed by atoms with E-state index in [1.54, 1.807) is 0 Å². The minimum absolute atomic E-state index is 0. The van der Waals surface area contributed by atoms with Crippen LogP contribution < -0.4 is 5.32 Å². The molecule has 5 heteroatoms. The summed E-state index contributed by atoms with van der Waals surface area (Å²) in [5.74, 6) is 0.274. The summed E-state index contributed by atoms with van der Waals surface area (Å²) in [6, 6.07) is 8.57. The summed E-state index contributed by atoms with van der Waals surface area (Å²) >= 11 is 3.53. The summed E-state index contributed by atoms with van der Waals surface area (Å²) in [5.41, 5.74) is 1.21. The van der Waals surface area contributed by atoms with E-state index in [1.165, 1.54) is 12.0 Å². The number of carbonyl (C=O) groups excluding carboxylic acids is 1. The van der Waals surface area contributed by atoms with Crippen LogP contribution in [0.1, 0.15) is 24.8 Å². The number of nitrogens with zero attached hydrogens (tertiary/aromatic N) is 1. The van der Waals surface area contributed by atoms with Crippen molar-refractivity contribution >= 4 is 34.2 Å². The maximum absolute atomic E-state index is 12.2. The first-order chi connectivity index (χ1) is 9.20. The maximum atomic E-state index is 12.2. The number of nitrogens with one attached hydrogen (secondary N) is 1. The number of hydrogen-bond acceptors (Lipinski definition) is 2. The van der Waals surface area contributed by atoms with Gasteiger partial charge < -0.3 is 10.2 Å². The van der Waals surface area contributed by atoms with Gasteiger partial charge in [0.1, 0.15) is 0 Å². The predicted molar refractivity (Wildman–Crippen MR) is 88.4 cm³/mol. The standard InChI is InChI=1S/C15H21BrN2O.ClH/c1-17-13-6-4-10-18(11-13)15(19)9-8-12-5-2-3-7-14(12)16;/h2-3,5,7,13,17H,4,6,8-11H2,1H3;1H. The summed E-state index contributed by atoms with van der Waals surface area (Å²) in [5, 5.41) is 3.27. The van der Waals surface area contributed by atoms with Crippen molar-refractivity contribution in [2.75, 3.05) is 20.1 Å². The van der Waals surface area contributed by atoms with Crippen LogP contribution in [0.3, 0.4) is 0 Å². The van der Waals surface area contributed by atoms with E-state index < -0.39 is 0 Å². The number of hydrogen-bond donors (Lipinski definition) is 1. The molecule has 0 aromatic heterocycles. The molecule has 1 heterocycles. The fourth-order valence-corrected chi connectivity index (χ4v) is 3.02. The van der Waals surface area contributed by atoms with Gasteiger partial charge in [-0.2, -0.15) is 0 Å². The first-order valence-corrected chi connectivity index (χ1v) is 7.68. The van der Waals surface area contributed by atoms with Crippen LogP contribution in [-0.4, -0.2) is 37.0 Å². The highest BCUT2D eigenvalue weighted by Crippen LogP contribution is 2.18. The number of aryl methyl sites for hydroxylation is 1. The third-order valence-electron chi connectivity index (χ3n) is 3.75. The van der Waals surface area contributed by atoms with Crippen molar-refractivity contribution in [2.24, 2.45) is 0 Å². The molecule has 0 saturated carbocycles. The summed E-state index contributed by atoms with van der Waals surface area (Å²) in [4.78, 5) is 14.2. The monoisotopic (exact) mass is 360 g/mol. The molecule has 0 aliphatic carbocycles. The SMILES string of the molecule is CNC1CCCN(C(=O)CCc2ccccc2Br)C1.Cl. The molecule has 1 saturated heterocycles. The van der Waals surface area contributed by atoms with E-state index in [1.807, 2.05) is 30.1 Å². The third-order valence-corrected chi connectivity index (χ3v) is 4.52. The number of likely N-dealkylation sites (tertiary alicyclic amines) is 1. The van der Waals surface area contributed by atoms with E-state index in [2.05, 4.69) is 27.3 Å². The molecule has 1 aromatic carbocycles. The molecule has 112 valence electrons. The normalized spacial score (nSPS) is 18.5. The number of halogens is 2. The molecule has 1 aliphatic rings. The average Bonchev–Trinajstić information content (AvgIpc) is 2.46. The summed E-state index contributed by atoms with van der Waals surface area (Å²) < 4.78 is 1.09. The van der Waals surface area contributed by atoms with Gasteiger partial charge in [-0.3, -0.25) is 4.79 Å². The Morgan fingerprint density at radius 3 is 2.90 bits per heavy atom.